The predicted octanol–water partition coefficient (Wildman–Crippen LogP) is 2.13. The summed E-state index contributed by atoms with van der Waals surface area (Å²) in [6.07, 6.45) is 0.949. The minimum absolute atomic E-state index is 0. The van der Waals surface area contributed by atoms with Gasteiger partial charge in [0.15, 0.2) is 0 Å². The summed E-state index contributed by atoms with van der Waals surface area (Å²) in [5, 5.41) is 8.62. The van der Waals surface area contributed by atoms with Crippen LogP contribution in [-0.2, 0) is 17.1 Å². The number of alkyl halides is 3. The molecule has 0 saturated carbocycles. The Labute approximate surface area is 80.1 Å². The van der Waals surface area contributed by atoms with E-state index in [0.717, 1.165) is 0 Å². The Morgan fingerprint density at radius 2 is 1.78 bits per heavy atom. The van der Waals surface area contributed by atoms with Crippen LogP contribution >= 0.6 is 34.8 Å². The van der Waals surface area contributed by atoms with Gasteiger partial charge in [-0.15, -0.1) is 11.6 Å². The molecule has 0 heterocycles. The van der Waals surface area contributed by atoms with E-state index < -0.39 is 4.52 Å². The Bertz CT molecular complexity index is 63.3. The first-order valence-electron chi connectivity index (χ1n) is 2.22. The standard InChI is InChI=1S/C4H7Cl3O.Fe/c5-3-1-2-4(6,7)8;/h8H,1-3H2;. The molecule has 58 valence electrons. The minimum atomic E-state index is -1.59. The topological polar surface area (TPSA) is 20.2 Å². The second-order valence-electron chi connectivity index (χ2n) is 1.46. The normalized spacial score (nSPS) is 10.7. The van der Waals surface area contributed by atoms with Crippen LogP contribution in [0.1, 0.15) is 12.8 Å². The molecule has 0 bridgehead atoms. The van der Waals surface area contributed by atoms with Crippen molar-refractivity contribution in [1.82, 2.24) is 0 Å². The second kappa shape index (κ2) is 6.09. The summed E-state index contributed by atoms with van der Waals surface area (Å²) < 4.78 is -1.59. The van der Waals surface area contributed by atoms with Gasteiger partial charge >= 0.3 is 0 Å². The zero-order chi connectivity index (χ0) is 6.62. The quantitative estimate of drug-likeness (QED) is 0.585. The van der Waals surface area contributed by atoms with Crippen molar-refractivity contribution in [2.75, 3.05) is 5.88 Å². The molecule has 1 nitrogen and oxygen atoms in total. The van der Waals surface area contributed by atoms with E-state index in [2.05, 4.69) is 0 Å². The number of hydrogen-bond donors (Lipinski definition) is 1. The summed E-state index contributed by atoms with van der Waals surface area (Å²) in [5.74, 6) is 0.474. The van der Waals surface area contributed by atoms with Crippen LogP contribution in [0.4, 0.5) is 0 Å². The van der Waals surface area contributed by atoms with Crippen LogP contribution in [0.5, 0.6) is 0 Å². The Balaban J connectivity index is 0. The number of rotatable bonds is 3. The first kappa shape index (κ1) is 13.0. The maximum Gasteiger partial charge on any atom is 0.214 e. The van der Waals surface area contributed by atoms with Gasteiger partial charge in [0.2, 0.25) is 4.52 Å². The summed E-state index contributed by atoms with van der Waals surface area (Å²) in [5.41, 5.74) is 0. The fourth-order valence-electron chi connectivity index (χ4n) is 0.280. The van der Waals surface area contributed by atoms with Crippen LogP contribution in [0, 0.1) is 0 Å². The molecular formula is C4H7Cl3FeO. The van der Waals surface area contributed by atoms with E-state index in [1.54, 1.807) is 0 Å². The molecule has 0 fully saturated rings. The van der Waals surface area contributed by atoms with Gasteiger partial charge in [0.1, 0.15) is 0 Å². The number of halogens is 3. The molecule has 0 aliphatic rings. The molecule has 1 N–H and O–H groups in total. The molecule has 0 atom stereocenters. The van der Waals surface area contributed by atoms with Gasteiger partial charge < -0.3 is 5.11 Å². The molecule has 0 amide bonds. The van der Waals surface area contributed by atoms with Gasteiger partial charge in [-0.25, -0.2) is 0 Å². The molecule has 0 aromatic heterocycles. The fraction of sp³-hybridized carbons (Fsp3) is 1.00. The van der Waals surface area contributed by atoms with Crippen molar-refractivity contribution < 1.29 is 22.2 Å². The van der Waals surface area contributed by atoms with Gasteiger partial charge in [0, 0.05) is 29.4 Å². The van der Waals surface area contributed by atoms with E-state index in [4.69, 9.17) is 39.9 Å². The van der Waals surface area contributed by atoms with Gasteiger partial charge in [-0.05, 0) is 6.42 Å². The Morgan fingerprint density at radius 1 is 1.33 bits per heavy atom. The van der Waals surface area contributed by atoms with Crippen molar-refractivity contribution in [2.45, 2.75) is 17.4 Å². The zero-order valence-electron chi connectivity index (χ0n) is 4.56. The molecule has 0 aliphatic heterocycles. The van der Waals surface area contributed by atoms with Crippen molar-refractivity contribution in [3.8, 4) is 0 Å². The van der Waals surface area contributed by atoms with Crippen LogP contribution in [0.2, 0.25) is 0 Å². The van der Waals surface area contributed by atoms with Crippen LogP contribution in [0.15, 0.2) is 0 Å². The van der Waals surface area contributed by atoms with E-state index in [1.807, 2.05) is 0 Å². The SMILES string of the molecule is OC(Cl)(Cl)CCCCl.[Fe]. The molecule has 5 heteroatoms. The molecule has 0 spiro atoms. The van der Waals surface area contributed by atoms with Crippen molar-refractivity contribution >= 4 is 34.8 Å². The largest absolute Gasteiger partial charge is 0.363 e. The van der Waals surface area contributed by atoms with E-state index in [0.29, 0.717) is 18.7 Å². The maximum atomic E-state index is 8.62. The number of hydrogen-bond acceptors (Lipinski definition) is 1. The van der Waals surface area contributed by atoms with Crippen LogP contribution in [0.3, 0.4) is 0 Å². The third kappa shape index (κ3) is 12.5. The smallest absolute Gasteiger partial charge is 0.214 e. The summed E-state index contributed by atoms with van der Waals surface area (Å²) >= 11 is 15.6. The average molecular weight is 233 g/mol. The van der Waals surface area contributed by atoms with Crippen LogP contribution in [0.25, 0.3) is 0 Å². The van der Waals surface area contributed by atoms with Gasteiger partial charge in [-0.3, -0.25) is 0 Å². The summed E-state index contributed by atoms with van der Waals surface area (Å²) in [6, 6.07) is 0. The van der Waals surface area contributed by atoms with Crippen LogP contribution in [-0.4, -0.2) is 15.5 Å². The molecule has 0 unspecified atom stereocenters. The third-order valence-electron chi connectivity index (χ3n) is 0.611. The van der Waals surface area contributed by atoms with Crippen molar-refractivity contribution in [2.24, 2.45) is 0 Å². The molecule has 0 radical (unpaired) electrons. The second-order valence-corrected chi connectivity index (χ2v) is 3.28. The fourth-order valence-corrected chi connectivity index (χ4v) is 0.680. The first-order valence-corrected chi connectivity index (χ1v) is 3.51. The van der Waals surface area contributed by atoms with Gasteiger partial charge in [-0.1, -0.05) is 23.2 Å². The minimum Gasteiger partial charge on any atom is -0.363 e. The van der Waals surface area contributed by atoms with E-state index >= 15 is 0 Å². The molecule has 0 saturated heterocycles. The monoisotopic (exact) mass is 232 g/mol. The van der Waals surface area contributed by atoms with Crippen LogP contribution < -0.4 is 0 Å². The summed E-state index contributed by atoms with van der Waals surface area (Å²) in [4.78, 5) is 0. The predicted molar refractivity (Wildman–Crippen MR) is 36.6 cm³/mol. The first-order chi connectivity index (χ1) is 3.56. The molecule has 0 aliphatic carbocycles. The Hall–Kier alpha value is 1.35. The molecule has 0 aromatic carbocycles. The maximum absolute atomic E-state index is 8.62. The van der Waals surface area contributed by atoms with Crippen molar-refractivity contribution in [3.05, 3.63) is 0 Å². The number of aliphatic hydroxyl groups is 1. The molecular weight excluding hydrogens is 226 g/mol. The zero-order valence-corrected chi connectivity index (χ0v) is 7.93. The molecule has 0 rings (SSSR count). The van der Waals surface area contributed by atoms with E-state index in [-0.39, 0.29) is 17.1 Å². The van der Waals surface area contributed by atoms with Gasteiger partial charge in [0.05, 0.1) is 0 Å². The third-order valence-corrected chi connectivity index (χ3v) is 1.26. The van der Waals surface area contributed by atoms with E-state index in [9.17, 15) is 0 Å². The molecule has 9 heavy (non-hydrogen) atoms. The molecule has 0 aromatic rings. The Kier molecular flexibility index (Phi) is 8.77. The van der Waals surface area contributed by atoms with Crippen molar-refractivity contribution in [1.29, 1.82) is 0 Å². The van der Waals surface area contributed by atoms with Gasteiger partial charge in [0.25, 0.3) is 0 Å². The summed E-state index contributed by atoms with van der Waals surface area (Å²) in [6.45, 7) is 0. The summed E-state index contributed by atoms with van der Waals surface area (Å²) in [7, 11) is 0. The van der Waals surface area contributed by atoms with E-state index in [1.165, 1.54) is 0 Å². The van der Waals surface area contributed by atoms with Gasteiger partial charge in [-0.2, -0.15) is 0 Å². The van der Waals surface area contributed by atoms with Crippen molar-refractivity contribution in [3.63, 3.8) is 0 Å². The Morgan fingerprint density at radius 3 is 1.89 bits per heavy atom. The average Bonchev–Trinajstić information content (AvgIpc) is 1.59.